The number of halogens is 2. The summed E-state index contributed by atoms with van der Waals surface area (Å²) in [6.45, 7) is 1.96. The average molecular weight is 185 g/mol. The third-order valence-electron chi connectivity index (χ3n) is 2.06. The molecule has 1 aromatic carbocycles. The minimum atomic E-state index is -2.40. The van der Waals surface area contributed by atoms with E-state index in [1.807, 2.05) is 6.92 Å². The van der Waals surface area contributed by atoms with E-state index >= 15 is 0 Å². The van der Waals surface area contributed by atoms with Gasteiger partial charge < -0.3 is 5.73 Å². The second-order valence-electron chi connectivity index (χ2n) is 2.98. The maximum absolute atomic E-state index is 12.2. The van der Waals surface area contributed by atoms with Gasteiger partial charge in [-0.2, -0.15) is 0 Å². The summed E-state index contributed by atoms with van der Waals surface area (Å²) in [7, 11) is 0. The number of rotatable bonds is 3. The quantitative estimate of drug-likeness (QED) is 0.769. The number of hydrogen-bond acceptors (Lipinski definition) is 1. The molecule has 0 radical (unpaired) electrons. The highest BCUT2D eigenvalue weighted by atomic mass is 19.3. The van der Waals surface area contributed by atoms with Crippen molar-refractivity contribution in [2.24, 2.45) is 5.73 Å². The van der Waals surface area contributed by atoms with Crippen molar-refractivity contribution >= 4 is 0 Å². The molecule has 0 fully saturated rings. The van der Waals surface area contributed by atoms with Crippen LogP contribution in [0.15, 0.2) is 24.3 Å². The zero-order valence-electron chi connectivity index (χ0n) is 7.50. The Hall–Kier alpha value is -0.960. The largest absolute Gasteiger partial charge is 0.324 e. The first kappa shape index (κ1) is 10.1. The standard InChI is InChI=1S/C10H13F2N/c1-2-9(13)7-3-5-8(6-4-7)10(11)12/h3-6,9-10H,2,13H2,1H3. The summed E-state index contributed by atoms with van der Waals surface area (Å²) in [4.78, 5) is 0. The summed E-state index contributed by atoms with van der Waals surface area (Å²) < 4.78 is 24.3. The molecule has 1 unspecified atom stereocenters. The smallest absolute Gasteiger partial charge is 0.263 e. The van der Waals surface area contributed by atoms with E-state index in [0.717, 1.165) is 12.0 Å². The maximum Gasteiger partial charge on any atom is 0.263 e. The summed E-state index contributed by atoms with van der Waals surface area (Å²) in [5, 5.41) is 0. The SMILES string of the molecule is CCC(N)c1ccc(C(F)F)cc1. The molecular weight excluding hydrogens is 172 g/mol. The molecule has 0 amide bonds. The van der Waals surface area contributed by atoms with Gasteiger partial charge in [0.15, 0.2) is 0 Å². The van der Waals surface area contributed by atoms with Crippen LogP contribution in [-0.2, 0) is 0 Å². The van der Waals surface area contributed by atoms with Crippen LogP contribution in [0, 0.1) is 0 Å². The lowest BCUT2D eigenvalue weighted by Crippen LogP contribution is -2.08. The van der Waals surface area contributed by atoms with Crippen LogP contribution in [0.25, 0.3) is 0 Å². The predicted octanol–water partition coefficient (Wildman–Crippen LogP) is 3.03. The highest BCUT2D eigenvalue weighted by Gasteiger charge is 2.07. The van der Waals surface area contributed by atoms with E-state index in [-0.39, 0.29) is 11.6 Å². The second-order valence-corrected chi connectivity index (χ2v) is 2.98. The molecule has 0 saturated carbocycles. The molecule has 1 nitrogen and oxygen atoms in total. The fourth-order valence-electron chi connectivity index (χ4n) is 1.12. The van der Waals surface area contributed by atoms with Crippen LogP contribution >= 0.6 is 0 Å². The van der Waals surface area contributed by atoms with Crippen LogP contribution in [0.4, 0.5) is 8.78 Å². The lowest BCUT2D eigenvalue weighted by atomic mass is 10.0. The van der Waals surface area contributed by atoms with Crippen molar-refractivity contribution < 1.29 is 8.78 Å². The Morgan fingerprint density at radius 3 is 2.00 bits per heavy atom. The van der Waals surface area contributed by atoms with Crippen molar-refractivity contribution in [3.63, 3.8) is 0 Å². The summed E-state index contributed by atoms with van der Waals surface area (Å²) in [6.07, 6.45) is -1.58. The van der Waals surface area contributed by atoms with E-state index in [4.69, 9.17) is 5.73 Å². The van der Waals surface area contributed by atoms with Gasteiger partial charge >= 0.3 is 0 Å². The van der Waals surface area contributed by atoms with E-state index in [2.05, 4.69) is 0 Å². The molecule has 0 aliphatic carbocycles. The van der Waals surface area contributed by atoms with Crippen LogP contribution < -0.4 is 5.73 Å². The van der Waals surface area contributed by atoms with Gasteiger partial charge in [-0.05, 0) is 12.0 Å². The molecule has 0 aliphatic rings. The van der Waals surface area contributed by atoms with Crippen LogP contribution in [0.3, 0.4) is 0 Å². The molecule has 1 rings (SSSR count). The Bertz CT molecular complexity index is 256. The Labute approximate surface area is 76.6 Å². The number of hydrogen-bond donors (Lipinski definition) is 1. The van der Waals surface area contributed by atoms with Gasteiger partial charge in [-0.3, -0.25) is 0 Å². The van der Waals surface area contributed by atoms with E-state index in [1.54, 1.807) is 12.1 Å². The van der Waals surface area contributed by atoms with Crippen molar-refractivity contribution in [1.82, 2.24) is 0 Å². The van der Waals surface area contributed by atoms with Crippen LogP contribution in [0.5, 0.6) is 0 Å². The van der Waals surface area contributed by atoms with Gasteiger partial charge in [-0.1, -0.05) is 31.2 Å². The maximum atomic E-state index is 12.2. The Morgan fingerprint density at radius 2 is 1.62 bits per heavy atom. The molecule has 2 N–H and O–H groups in total. The average Bonchev–Trinajstić information content (AvgIpc) is 2.17. The fourth-order valence-corrected chi connectivity index (χ4v) is 1.12. The minimum absolute atomic E-state index is 0.0482. The monoisotopic (exact) mass is 185 g/mol. The first-order valence-corrected chi connectivity index (χ1v) is 4.28. The van der Waals surface area contributed by atoms with Gasteiger partial charge in [0, 0.05) is 11.6 Å². The molecule has 1 aromatic rings. The summed E-state index contributed by atoms with van der Waals surface area (Å²) in [6, 6.07) is 6.13. The number of nitrogens with two attached hydrogens (primary N) is 1. The topological polar surface area (TPSA) is 26.0 Å². The Kier molecular flexibility index (Phi) is 3.37. The predicted molar refractivity (Wildman–Crippen MR) is 48.6 cm³/mol. The van der Waals surface area contributed by atoms with Crippen molar-refractivity contribution in [3.05, 3.63) is 35.4 Å². The molecule has 13 heavy (non-hydrogen) atoms. The zero-order valence-corrected chi connectivity index (χ0v) is 7.50. The molecule has 0 heterocycles. The van der Waals surface area contributed by atoms with Crippen molar-refractivity contribution in [2.75, 3.05) is 0 Å². The van der Waals surface area contributed by atoms with Gasteiger partial charge in [0.1, 0.15) is 0 Å². The van der Waals surface area contributed by atoms with E-state index in [9.17, 15) is 8.78 Å². The first-order chi connectivity index (χ1) is 6.15. The van der Waals surface area contributed by atoms with Crippen molar-refractivity contribution in [3.8, 4) is 0 Å². The molecular formula is C10H13F2N. The molecule has 0 aromatic heterocycles. The number of benzene rings is 1. The van der Waals surface area contributed by atoms with Gasteiger partial charge in [-0.25, -0.2) is 8.78 Å². The molecule has 0 saturated heterocycles. The second kappa shape index (κ2) is 4.33. The van der Waals surface area contributed by atoms with E-state index in [1.165, 1.54) is 12.1 Å². The molecule has 0 aliphatic heterocycles. The van der Waals surface area contributed by atoms with Gasteiger partial charge in [0.2, 0.25) is 0 Å². The molecule has 0 spiro atoms. The minimum Gasteiger partial charge on any atom is -0.324 e. The van der Waals surface area contributed by atoms with E-state index in [0.29, 0.717) is 0 Å². The number of alkyl halides is 2. The Morgan fingerprint density at radius 1 is 1.15 bits per heavy atom. The van der Waals surface area contributed by atoms with Gasteiger partial charge in [0.25, 0.3) is 6.43 Å². The first-order valence-electron chi connectivity index (χ1n) is 4.28. The molecule has 72 valence electrons. The van der Waals surface area contributed by atoms with Gasteiger partial charge in [0.05, 0.1) is 0 Å². The fraction of sp³-hybridized carbons (Fsp3) is 0.400. The highest BCUT2D eigenvalue weighted by Crippen LogP contribution is 2.21. The summed E-state index contributed by atoms with van der Waals surface area (Å²) in [5.74, 6) is 0. The van der Waals surface area contributed by atoms with Crippen molar-refractivity contribution in [1.29, 1.82) is 0 Å². The summed E-state index contributed by atoms with van der Waals surface area (Å²) >= 11 is 0. The van der Waals surface area contributed by atoms with E-state index < -0.39 is 6.43 Å². The third-order valence-corrected chi connectivity index (χ3v) is 2.06. The van der Waals surface area contributed by atoms with Gasteiger partial charge in [-0.15, -0.1) is 0 Å². The molecule has 0 bridgehead atoms. The molecule has 1 atom stereocenters. The normalized spacial score (nSPS) is 13.3. The van der Waals surface area contributed by atoms with Crippen molar-refractivity contribution in [2.45, 2.75) is 25.8 Å². The van der Waals surface area contributed by atoms with Crippen LogP contribution in [0.1, 0.15) is 36.9 Å². The van der Waals surface area contributed by atoms with Crippen LogP contribution in [-0.4, -0.2) is 0 Å². The highest BCUT2D eigenvalue weighted by molar-refractivity contribution is 5.25. The summed E-state index contributed by atoms with van der Waals surface area (Å²) in [5.41, 5.74) is 6.69. The van der Waals surface area contributed by atoms with Crippen LogP contribution in [0.2, 0.25) is 0 Å². The third kappa shape index (κ3) is 2.49. The zero-order chi connectivity index (χ0) is 9.84. The lowest BCUT2D eigenvalue weighted by Gasteiger charge is -2.09. The lowest BCUT2D eigenvalue weighted by molar-refractivity contribution is 0.151. The Balaban J connectivity index is 2.81. The molecule has 3 heteroatoms.